The van der Waals surface area contributed by atoms with Gasteiger partial charge in [0.15, 0.2) is 0 Å². The summed E-state index contributed by atoms with van der Waals surface area (Å²) < 4.78 is 4.92. The predicted octanol–water partition coefficient (Wildman–Crippen LogP) is 0.738. The lowest BCUT2D eigenvalue weighted by molar-refractivity contribution is -0.145. The Kier molecular flexibility index (Phi) is 4.70. The first kappa shape index (κ1) is 12.7. The molecule has 0 saturated carbocycles. The number of carbonyl (C=O) groups excluding carboxylic acids is 2. The van der Waals surface area contributed by atoms with Crippen LogP contribution in [-0.4, -0.2) is 18.4 Å². The number of carbonyl (C=O) groups is 2. The summed E-state index contributed by atoms with van der Waals surface area (Å²) in [5.41, 5.74) is 1.35. The van der Waals surface area contributed by atoms with Crippen molar-refractivity contribution in [2.24, 2.45) is 0 Å². The summed E-state index contributed by atoms with van der Waals surface area (Å²) in [6.07, 6.45) is 0. The van der Waals surface area contributed by atoms with Gasteiger partial charge in [0.2, 0.25) is 5.91 Å². The van der Waals surface area contributed by atoms with E-state index in [2.05, 4.69) is 5.32 Å². The van der Waals surface area contributed by atoms with E-state index in [-0.39, 0.29) is 19.1 Å². The third-order valence-electron chi connectivity index (χ3n) is 1.96. The van der Waals surface area contributed by atoms with Crippen LogP contribution in [0.1, 0.15) is 18.1 Å². The molecule has 5 heteroatoms. The average Bonchev–Trinajstić information content (AvgIpc) is 2.34. The zero-order valence-corrected chi connectivity index (χ0v) is 9.40. The molecule has 0 spiro atoms. The number of hydrogen-bond acceptors (Lipinski definition) is 4. The van der Waals surface area contributed by atoms with Gasteiger partial charge in [-0.3, -0.25) is 9.59 Å². The highest BCUT2D eigenvalue weighted by atomic mass is 16.5. The molecule has 0 bridgehead atoms. The van der Waals surface area contributed by atoms with Crippen LogP contribution in [0, 0.1) is 11.3 Å². The fraction of sp³-hybridized carbons (Fsp3) is 0.250. The molecular formula is C12H12N2O3. The molecule has 0 atom stereocenters. The quantitative estimate of drug-likeness (QED) is 0.776. The molecule has 0 aliphatic carbocycles. The number of rotatable bonds is 4. The highest BCUT2D eigenvalue weighted by molar-refractivity contribution is 5.80. The molecule has 0 aromatic heterocycles. The molecule has 1 aromatic carbocycles. The second kappa shape index (κ2) is 6.28. The monoisotopic (exact) mass is 232 g/mol. The Labute approximate surface area is 99.0 Å². The first-order valence-electron chi connectivity index (χ1n) is 5.01. The molecular weight excluding hydrogens is 220 g/mol. The molecule has 0 heterocycles. The van der Waals surface area contributed by atoms with Gasteiger partial charge in [-0.2, -0.15) is 5.26 Å². The number of amides is 1. The van der Waals surface area contributed by atoms with Crippen LogP contribution >= 0.6 is 0 Å². The zero-order chi connectivity index (χ0) is 12.7. The average molecular weight is 232 g/mol. The van der Waals surface area contributed by atoms with E-state index in [0.29, 0.717) is 5.56 Å². The zero-order valence-electron chi connectivity index (χ0n) is 9.40. The summed E-state index contributed by atoms with van der Waals surface area (Å²) in [6, 6.07) is 8.72. The molecule has 1 amide bonds. The van der Waals surface area contributed by atoms with Crippen molar-refractivity contribution >= 4 is 11.9 Å². The van der Waals surface area contributed by atoms with Gasteiger partial charge in [0.05, 0.1) is 11.6 Å². The Morgan fingerprint density at radius 3 is 2.53 bits per heavy atom. The minimum Gasteiger partial charge on any atom is -0.460 e. The fourth-order valence-electron chi connectivity index (χ4n) is 1.09. The Balaban J connectivity index is 2.37. The lowest BCUT2D eigenvalue weighted by Gasteiger charge is -2.05. The molecule has 5 nitrogen and oxygen atoms in total. The van der Waals surface area contributed by atoms with E-state index in [1.165, 1.54) is 6.92 Å². The summed E-state index contributed by atoms with van der Waals surface area (Å²) in [6.45, 7) is 1.32. The largest absolute Gasteiger partial charge is 0.460 e. The topological polar surface area (TPSA) is 79.2 Å². The van der Waals surface area contributed by atoms with Crippen molar-refractivity contribution in [3.05, 3.63) is 35.4 Å². The summed E-state index contributed by atoms with van der Waals surface area (Å²) in [7, 11) is 0. The van der Waals surface area contributed by atoms with Crippen molar-refractivity contribution in [3.8, 4) is 6.07 Å². The van der Waals surface area contributed by atoms with Gasteiger partial charge >= 0.3 is 5.97 Å². The molecule has 1 rings (SSSR count). The second-order valence-electron chi connectivity index (χ2n) is 3.38. The highest BCUT2D eigenvalue weighted by Gasteiger charge is 2.03. The minimum absolute atomic E-state index is 0.129. The second-order valence-corrected chi connectivity index (χ2v) is 3.38. The lowest BCUT2D eigenvalue weighted by Crippen LogP contribution is -2.28. The summed E-state index contributed by atoms with van der Waals surface area (Å²) in [5, 5.41) is 10.9. The molecule has 0 fully saturated rings. The molecule has 0 saturated heterocycles. The van der Waals surface area contributed by atoms with Crippen LogP contribution in [0.2, 0.25) is 0 Å². The Bertz CT molecular complexity index is 446. The molecule has 1 N–H and O–H groups in total. The van der Waals surface area contributed by atoms with Gasteiger partial charge in [-0.15, -0.1) is 0 Å². The van der Waals surface area contributed by atoms with Gasteiger partial charge in [0.25, 0.3) is 0 Å². The van der Waals surface area contributed by atoms with E-state index >= 15 is 0 Å². The van der Waals surface area contributed by atoms with Gasteiger partial charge in [0.1, 0.15) is 13.2 Å². The van der Waals surface area contributed by atoms with Crippen molar-refractivity contribution in [1.82, 2.24) is 5.32 Å². The third-order valence-corrected chi connectivity index (χ3v) is 1.96. The van der Waals surface area contributed by atoms with Gasteiger partial charge in [0, 0.05) is 6.92 Å². The first-order chi connectivity index (χ1) is 8.11. The summed E-state index contributed by atoms with van der Waals surface area (Å²) >= 11 is 0. The number of ether oxygens (including phenoxy) is 1. The maximum atomic E-state index is 11.2. The van der Waals surface area contributed by atoms with Crippen molar-refractivity contribution in [2.45, 2.75) is 13.5 Å². The van der Waals surface area contributed by atoms with Crippen LogP contribution in [-0.2, 0) is 20.9 Å². The van der Waals surface area contributed by atoms with Gasteiger partial charge in [-0.25, -0.2) is 0 Å². The number of nitrogens with one attached hydrogen (secondary N) is 1. The third kappa shape index (κ3) is 4.80. The summed E-state index contributed by atoms with van der Waals surface area (Å²) in [4.78, 5) is 21.7. The van der Waals surface area contributed by atoms with Crippen LogP contribution < -0.4 is 5.32 Å². The van der Waals surface area contributed by atoms with Crippen LogP contribution in [0.25, 0.3) is 0 Å². The first-order valence-corrected chi connectivity index (χ1v) is 5.01. The number of nitrogens with zero attached hydrogens (tertiary/aromatic N) is 1. The van der Waals surface area contributed by atoms with E-state index in [9.17, 15) is 9.59 Å². The molecule has 0 unspecified atom stereocenters. The predicted molar refractivity (Wildman–Crippen MR) is 59.6 cm³/mol. The van der Waals surface area contributed by atoms with Crippen LogP contribution in [0.3, 0.4) is 0 Å². The highest BCUT2D eigenvalue weighted by Crippen LogP contribution is 2.04. The number of hydrogen-bond donors (Lipinski definition) is 1. The van der Waals surface area contributed by atoms with Gasteiger partial charge < -0.3 is 10.1 Å². The maximum absolute atomic E-state index is 11.2. The van der Waals surface area contributed by atoms with Crippen LogP contribution in [0.15, 0.2) is 24.3 Å². The number of nitriles is 1. The fourth-order valence-corrected chi connectivity index (χ4v) is 1.09. The molecule has 88 valence electrons. The van der Waals surface area contributed by atoms with Crippen LogP contribution in [0.4, 0.5) is 0 Å². The normalized spacial score (nSPS) is 9.18. The Morgan fingerprint density at radius 1 is 1.35 bits per heavy atom. The van der Waals surface area contributed by atoms with E-state index in [0.717, 1.165) is 5.56 Å². The molecule has 0 aliphatic heterocycles. The van der Waals surface area contributed by atoms with Gasteiger partial charge in [-0.1, -0.05) is 12.1 Å². The Morgan fingerprint density at radius 2 is 2.00 bits per heavy atom. The molecule has 0 aliphatic rings. The lowest BCUT2D eigenvalue weighted by atomic mass is 10.2. The van der Waals surface area contributed by atoms with E-state index in [1.54, 1.807) is 24.3 Å². The minimum atomic E-state index is -0.496. The number of esters is 1. The number of benzene rings is 1. The smallest absolute Gasteiger partial charge is 0.325 e. The van der Waals surface area contributed by atoms with Crippen molar-refractivity contribution < 1.29 is 14.3 Å². The van der Waals surface area contributed by atoms with Crippen molar-refractivity contribution in [1.29, 1.82) is 5.26 Å². The van der Waals surface area contributed by atoms with E-state index < -0.39 is 5.97 Å². The van der Waals surface area contributed by atoms with Crippen molar-refractivity contribution in [2.75, 3.05) is 6.54 Å². The standard InChI is InChI=1S/C12H12N2O3/c1-9(15)14-7-12(16)17-8-11-4-2-10(6-13)3-5-11/h2-5H,7-8H2,1H3,(H,14,15). The molecule has 0 radical (unpaired) electrons. The van der Waals surface area contributed by atoms with Crippen LogP contribution in [0.5, 0.6) is 0 Å². The molecule has 17 heavy (non-hydrogen) atoms. The van der Waals surface area contributed by atoms with Gasteiger partial charge in [-0.05, 0) is 17.7 Å². The van der Waals surface area contributed by atoms with Crippen molar-refractivity contribution in [3.63, 3.8) is 0 Å². The SMILES string of the molecule is CC(=O)NCC(=O)OCc1ccc(C#N)cc1. The maximum Gasteiger partial charge on any atom is 0.325 e. The Hall–Kier alpha value is -2.35. The van der Waals surface area contributed by atoms with E-state index in [4.69, 9.17) is 10.00 Å². The summed E-state index contributed by atoms with van der Waals surface area (Å²) in [5.74, 6) is -0.773. The molecule has 1 aromatic rings. The van der Waals surface area contributed by atoms with E-state index in [1.807, 2.05) is 6.07 Å².